The fourth-order valence-corrected chi connectivity index (χ4v) is 1.51. The van der Waals surface area contributed by atoms with Crippen molar-refractivity contribution in [3.63, 3.8) is 0 Å². The molecule has 0 fully saturated rings. The van der Waals surface area contributed by atoms with Crippen LogP contribution in [0.15, 0.2) is 4.52 Å². The van der Waals surface area contributed by atoms with Crippen LogP contribution in [0.1, 0.15) is 45.0 Å². The molecule has 0 aliphatic heterocycles. The monoisotopic (exact) mass is 242 g/mol. The molecule has 0 aliphatic carbocycles. The highest BCUT2D eigenvalue weighted by atomic mass is 16.5. The van der Waals surface area contributed by atoms with Crippen LogP contribution < -0.4 is 0 Å². The lowest BCUT2D eigenvalue weighted by atomic mass is 10.0. The first-order chi connectivity index (χ1) is 8.02. The van der Waals surface area contributed by atoms with Crippen molar-refractivity contribution in [2.24, 2.45) is 5.92 Å². The van der Waals surface area contributed by atoms with Gasteiger partial charge in [-0.25, -0.2) is 0 Å². The summed E-state index contributed by atoms with van der Waals surface area (Å²) in [5.74, 6) is 0.118. The molecule has 1 aromatic rings. The fourth-order valence-electron chi connectivity index (χ4n) is 1.51. The molecule has 17 heavy (non-hydrogen) atoms. The molecule has 96 valence electrons. The van der Waals surface area contributed by atoms with E-state index in [0.717, 1.165) is 0 Å². The number of rotatable bonds is 7. The second-order valence-corrected chi connectivity index (χ2v) is 4.05. The number of carboxylic acids is 1. The summed E-state index contributed by atoms with van der Waals surface area (Å²) in [5, 5.41) is 12.4. The minimum Gasteiger partial charge on any atom is -0.481 e. The highest BCUT2D eigenvalue weighted by molar-refractivity contribution is 5.66. The van der Waals surface area contributed by atoms with E-state index >= 15 is 0 Å². The first-order valence-electron chi connectivity index (χ1n) is 5.68. The van der Waals surface area contributed by atoms with Crippen LogP contribution in [-0.2, 0) is 16.0 Å². The molecule has 0 spiro atoms. The van der Waals surface area contributed by atoms with E-state index in [1.165, 1.54) is 0 Å². The predicted molar refractivity (Wildman–Crippen MR) is 59.5 cm³/mol. The molecular formula is C11H18N2O4. The van der Waals surface area contributed by atoms with Crippen molar-refractivity contribution in [1.82, 2.24) is 10.1 Å². The molecule has 0 saturated carbocycles. The van der Waals surface area contributed by atoms with Gasteiger partial charge in [0, 0.05) is 19.4 Å². The molecular weight excluding hydrogens is 224 g/mol. The third-order valence-corrected chi connectivity index (χ3v) is 2.31. The van der Waals surface area contributed by atoms with Gasteiger partial charge in [0.1, 0.15) is 6.10 Å². The van der Waals surface area contributed by atoms with Gasteiger partial charge in [0.05, 0.1) is 0 Å². The number of hydrogen-bond acceptors (Lipinski definition) is 5. The molecule has 0 bridgehead atoms. The zero-order chi connectivity index (χ0) is 12.8. The number of carboxylic acid groups (broad SMARTS) is 1. The lowest BCUT2D eigenvalue weighted by Crippen LogP contribution is -2.07. The lowest BCUT2D eigenvalue weighted by molar-refractivity contribution is -0.137. The van der Waals surface area contributed by atoms with E-state index in [1.54, 1.807) is 0 Å². The third kappa shape index (κ3) is 4.52. The molecule has 0 amide bonds. The van der Waals surface area contributed by atoms with Gasteiger partial charge in [-0.2, -0.15) is 4.98 Å². The van der Waals surface area contributed by atoms with Gasteiger partial charge in [-0.15, -0.1) is 0 Å². The van der Waals surface area contributed by atoms with E-state index in [0.29, 0.717) is 24.7 Å². The highest BCUT2D eigenvalue weighted by Crippen LogP contribution is 2.15. The van der Waals surface area contributed by atoms with Gasteiger partial charge in [-0.3, -0.25) is 4.79 Å². The number of carbonyl (C=O) groups is 1. The normalized spacial score (nSPS) is 14.5. The summed E-state index contributed by atoms with van der Waals surface area (Å²) in [7, 11) is 0. The second-order valence-electron chi connectivity index (χ2n) is 4.05. The summed E-state index contributed by atoms with van der Waals surface area (Å²) in [4.78, 5) is 14.7. The summed E-state index contributed by atoms with van der Waals surface area (Å²) in [5.41, 5.74) is 0. The summed E-state index contributed by atoms with van der Waals surface area (Å²) in [6, 6.07) is 0. The maximum atomic E-state index is 10.5. The maximum absolute atomic E-state index is 10.5. The Balaban J connectivity index is 2.53. The zero-order valence-corrected chi connectivity index (χ0v) is 10.3. The first-order valence-corrected chi connectivity index (χ1v) is 5.68. The molecule has 0 aliphatic rings. The molecule has 1 rings (SSSR count). The number of nitrogens with zero attached hydrogens (tertiary/aromatic N) is 2. The molecule has 1 aromatic heterocycles. The Labute approximate surface area is 100.0 Å². The molecule has 6 nitrogen and oxygen atoms in total. The standard InChI is InChI=1S/C11H18N2O4/c1-4-16-8(3)11-12-9(17-13-11)5-7(2)6-10(14)15/h7-8H,4-6H2,1-3H3,(H,14,15). The summed E-state index contributed by atoms with van der Waals surface area (Å²) >= 11 is 0. The van der Waals surface area contributed by atoms with E-state index in [2.05, 4.69) is 10.1 Å². The smallest absolute Gasteiger partial charge is 0.303 e. The van der Waals surface area contributed by atoms with Gasteiger partial charge in [-0.05, 0) is 19.8 Å². The first kappa shape index (κ1) is 13.6. The van der Waals surface area contributed by atoms with E-state index in [9.17, 15) is 4.79 Å². The third-order valence-electron chi connectivity index (χ3n) is 2.31. The largest absolute Gasteiger partial charge is 0.481 e. The molecule has 6 heteroatoms. The summed E-state index contributed by atoms with van der Waals surface area (Å²) in [6.07, 6.45) is 0.365. The SMILES string of the molecule is CCOC(C)c1noc(CC(C)CC(=O)O)n1. The van der Waals surface area contributed by atoms with Crippen LogP contribution >= 0.6 is 0 Å². The van der Waals surface area contributed by atoms with Crippen LogP contribution in [0.2, 0.25) is 0 Å². The van der Waals surface area contributed by atoms with Gasteiger partial charge in [0.25, 0.3) is 0 Å². The van der Waals surface area contributed by atoms with Crippen LogP contribution in [0.4, 0.5) is 0 Å². The van der Waals surface area contributed by atoms with E-state index in [4.69, 9.17) is 14.4 Å². The Morgan fingerprint density at radius 3 is 2.82 bits per heavy atom. The average Bonchev–Trinajstić information content (AvgIpc) is 2.65. The lowest BCUT2D eigenvalue weighted by Gasteiger charge is -2.05. The van der Waals surface area contributed by atoms with Crippen LogP contribution in [0, 0.1) is 5.92 Å². The second kappa shape index (κ2) is 6.34. The van der Waals surface area contributed by atoms with Crippen molar-refractivity contribution in [3.05, 3.63) is 11.7 Å². The molecule has 0 radical (unpaired) electrons. The van der Waals surface area contributed by atoms with E-state index < -0.39 is 5.97 Å². The number of aromatic nitrogens is 2. The van der Waals surface area contributed by atoms with Crippen LogP contribution in [0.25, 0.3) is 0 Å². The van der Waals surface area contributed by atoms with Crippen molar-refractivity contribution >= 4 is 5.97 Å². The minimum atomic E-state index is -0.820. The topological polar surface area (TPSA) is 85.5 Å². The molecule has 1 N–H and O–H groups in total. The number of aliphatic carboxylic acids is 1. The Morgan fingerprint density at radius 1 is 1.53 bits per heavy atom. The van der Waals surface area contributed by atoms with E-state index in [-0.39, 0.29) is 18.4 Å². The van der Waals surface area contributed by atoms with Crippen LogP contribution in [0.5, 0.6) is 0 Å². The molecule has 0 aromatic carbocycles. The Morgan fingerprint density at radius 2 is 2.24 bits per heavy atom. The van der Waals surface area contributed by atoms with E-state index in [1.807, 2.05) is 20.8 Å². The minimum absolute atomic E-state index is 0.0248. The van der Waals surface area contributed by atoms with Crippen LogP contribution in [-0.4, -0.2) is 27.8 Å². The van der Waals surface area contributed by atoms with Crippen molar-refractivity contribution in [2.45, 2.75) is 39.7 Å². The quantitative estimate of drug-likeness (QED) is 0.784. The van der Waals surface area contributed by atoms with Gasteiger partial charge in [0.15, 0.2) is 5.82 Å². The highest BCUT2D eigenvalue weighted by Gasteiger charge is 2.16. The van der Waals surface area contributed by atoms with Crippen LogP contribution in [0.3, 0.4) is 0 Å². The van der Waals surface area contributed by atoms with Crippen molar-refractivity contribution in [3.8, 4) is 0 Å². The molecule has 0 saturated heterocycles. The predicted octanol–water partition coefficient (Wildman–Crippen LogP) is 1.82. The van der Waals surface area contributed by atoms with Crippen molar-refractivity contribution in [1.29, 1.82) is 0 Å². The van der Waals surface area contributed by atoms with Gasteiger partial charge in [0.2, 0.25) is 5.89 Å². The number of hydrogen-bond donors (Lipinski definition) is 1. The molecule has 2 unspecified atom stereocenters. The summed E-state index contributed by atoms with van der Waals surface area (Å²) in [6.45, 7) is 6.16. The van der Waals surface area contributed by atoms with Gasteiger partial charge in [-0.1, -0.05) is 12.1 Å². The number of ether oxygens (including phenoxy) is 1. The average molecular weight is 242 g/mol. The maximum Gasteiger partial charge on any atom is 0.303 e. The molecule has 2 atom stereocenters. The van der Waals surface area contributed by atoms with Gasteiger partial charge < -0.3 is 14.4 Å². The Kier molecular flexibility index (Phi) is 5.09. The Bertz CT molecular complexity index is 364. The van der Waals surface area contributed by atoms with Crippen molar-refractivity contribution < 1.29 is 19.2 Å². The van der Waals surface area contributed by atoms with Gasteiger partial charge >= 0.3 is 5.97 Å². The summed E-state index contributed by atoms with van der Waals surface area (Å²) < 4.78 is 10.4. The van der Waals surface area contributed by atoms with Crippen molar-refractivity contribution in [2.75, 3.05) is 6.61 Å². The Hall–Kier alpha value is -1.43. The molecule has 1 heterocycles. The zero-order valence-electron chi connectivity index (χ0n) is 10.3. The fraction of sp³-hybridized carbons (Fsp3) is 0.727.